The molecule has 0 spiro atoms. The number of nitrogens with one attached hydrogen (secondary N) is 1. The first-order chi connectivity index (χ1) is 25.2. The minimum Gasteiger partial charge on any atom is -0.400 e. The Morgan fingerprint density at radius 2 is 1.51 bits per heavy atom. The van der Waals surface area contributed by atoms with E-state index >= 15 is 0 Å². The largest absolute Gasteiger partial charge is 0.400 e. The first kappa shape index (κ1) is 42.5. The van der Waals surface area contributed by atoms with Gasteiger partial charge in [-0.25, -0.2) is 8.89 Å². The molecule has 1 aliphatic rings. The van der Waals surface area contributed by atoms with Crippen molar-refractivity contribution in [2.45, 2.75) is 73.6 Å². The number of aromatic nitrogens is 2. The highest BCUT2D eigenvalue weighted by Crippen LogP contribution is 2.49. The molecule has 0 radical (unpaired) electrons. The molecule has 9 nitrogen and oxygen atoms in total. The zero-order chi connectivity index (χ0) is 39.5. The number of carbonyl (C=O) groups excluding carboxylic acids is 2. The molecule has 10 heteroatoms. The molecule has 282 valence electrons. The number of fused-ring (bicyclic) bond motifs is 3. The monoisotopic (exact) mass is 738 g/mol. The second-order valence-electron chi connectivity index (χ2n) is 13.8. The van der Waals surface area contributed by atoms with Crippen molar-refractivity contribution < 1.29 is 24.0 Å². The molecule has 0 bridgehead atoms. The first-order valence-electron chi connectivity index (χ1n) is 17.5. The second-order valence-corrected chi connectivity index (χ2v) is 15.1. The van der Waals surface area contributed by atoms with Crippen molar-refractivity contribution in [3.05, 3.63) is 124 Å². The van der Waals surface area contributed by atoms with E-state index in [1.807, 2.05) is 72.3 Å². The molecule has 1 unspecified atom stereocenters. The summed E-state index contributed by atoms with van der Waals surface area (Å²) in [7, 11) is 1.66. The molecule has 0 amide bonds. The third-order valence-corrected chi connectivity index (χ3v) is 9.40. The number of hydrogen-bond acceptors (Lipinski definition) is 7. The summed E-state index contributed by atoms with van der Waals surface area (Å²) >= 11 is 0. The van der Waals surface area contributed by atoms with Crippen LogP contribution in [0.5, 0.6) is 0 Å². The van der Waals surface area contributed by atoms with Crippen molar-refractivity contribution in [3.63, 3.8) is 0 Å². The summed E-state index contributed by atoms with van der Waals surface area (Å²) in [6.07, 6.45) is 3.74. The minimum atomic E-state index is -1.26. The van der Waals surface area contributed by atoms with Crippen LogP contribution in [0.2, 0.25) is 0 Å². The smallest absolute Gasteiger partial charge is 0.150 e. The van der Waals surface area contributed by atoms with Gasteiger partial charge in [-0.2, -0.15) is 5.10 Å². The van der Waals surface area contributed by atoms with Crippen molar-refractivity contribution in [3.8, 4) is 22.3 Å². The SMILES string of the molecule is CC(C)(C)O.CNc1cc(C)nn1Cc1ccccc1.CO.Cc1ccc(-c2c(C)c3c(c(C)c2CC=O)N(S(C)=O)Cc2cc(C=O)ccc2-3)cc1. The Kier molecular flexibility index (Phi) is 15.4. The van der Waals surface area contributed by atoms with Crippen LogP contribution in [0.3, 0.4) is 0 Å². The number of aldehydes is 2. The normalized spacial score (nSPS) is 12.0. The number of aliphatic hydroxyl groups is 2. The molecule has 0 saturated carbocycles. The number of carbonyl (C=O) groups is 2. The molecular weight excluding hydrogens is 685 g/mol. The van der Waals surface area contributed by atoms with Crippen LogP contribution in [0, 0.1) is 27.7 Å². The Morgan fingerprint density at radius 3 is 2.06 bits per heavy atom. The third kappa shape index (κ3) is 11.1. The molecule has 3 N–H and O–H groups in total. The first-order valence-corrected chi connectivity index (χ1v) is 19.0. The molecule has 1 atom stereocenters. The fraction of sp³-hybridized carbons (Fsp3) is 0.326. The third-order valence-electron chi connectivity index (χ3n) is 8.47. The maximum absolute atomic E-state index is 12.7. The van der Waals surface area contributed by atoms with Crippen molar-refractivity contribution in [1.29, 1.82) is 0 Å². The lowest BCUT2D eigenvalue weighted by Gasteiger charge is -2.35. The molecule has 1 aromatic heterocycles. The lowest BCUT2D eigenvalue weighted by Crippen LogP contribution is -2.30. The number of aryl methyl sites for hydroxylation is 2. The summed E-state index contributed by atoms with van der Waals surface area (Å²) in [5.41, 5.74) is 12.7. The molecule has 53 heavy (non-hydrogen) atoms. The van der Waals surface area contributed by atoms with Gasteiger partial charge >= 0.3 is 0 Å². The average Bonchev–Trinajstić information content (AvgIpc) is 3.49. The van der Waals surface area contributed by atoms with Crippen molar-refractivity contribution in [2.75, 3.05) is 30.0 Å². The molecule has 0 saturated heterocycles. The maximum atomic E-state index is 12.7. The van der Waals surface area contributed by atoms with Gasteiger partial charge in [0, 0.05) is 44.0 Å². The van der Waals surface area contributed by atoms with E-state index in [0.717, 1.165) is 87.9 Å². The number of rotatable bonds is 8. The van der Waals surface area contributed by atoms with E-state index in [9.17, 15) is 13.8 Å². The quantitative estimate of drug-likeness (QED) is 0.139. The highest BCUT2D eigenvalue weighted by atomic mass is 32.2. The lowest BCUT2D eigenvalue weighted by atomic mass is 9.81. The summed E-state index contributed by atoms with van der Waals surface area (Å²) in [5.74, 6) is 1.05. The molecule has 0 fully saturated rings. The van der Waals surface area contributed by atoms with Gasteiger partial charge in [-0.05, 0) is 99.0 Å². The number of nitrogens with zero attached hydrogens (tertiary/aromatic N) is 3. The Morgan fingerprint density at radius 1 is 0.887 bits per heavy atom. The van der Waals surface area contributed by atoms with Gasteiger partial charge in [0.15, 0.2) is 0 Å². The molecule has 5 aromatic rings. The van der Waals surface area contributed by atoms with E-state index in [1.165, 1.54) is 11.1 Å². The van der Waals surface area contributed by atoms with Crippen molar-refractivity contribution >= 4 is 35.1 Å². The number of hydrogen-bond donors (Lipinski definition) is 3. The van der Waals surface area contributed by atoms with E-state index in [0.29, 0.717) is 18.5 Å². The Labute approximate surface area is 317 Å². The van der Waals surface area contributed by atoms with Gasteiger partial charge in [-0.3, -0.25) is 9.10 Å². The topological polar surface area (TPSA) is 125 Å². The van der Waals surface area contributed by atoms with Crippen LogP contribution in [-0.4, -0.2) is 62.8 Å². The molecule has 6 rings (SSSR count). The van der Waals surface area contributed by atoms with Gasteiger partial charge < -0.3 is 20.3 Å². The standard InChI is InChI=1S/C26H25NO3S.C12H15N3.C4H10O.CH4O/c1-16-5-8-20(9-6-16)24-18(3)25-23-10-7-19(15-29)13-21(23)14-27(31(4)30)26(25)17(2)22(24)11-12-28;1-10-8-12(13-2)15(14-10)9-11-6-4-3-5-7-11;1-4(2,3)5;1-2/h5-10,12-13,15H,11,14H2,1-4H3;3-8,13H,9H2,1-2H3;5H,1-3H3;2H,1H3. The molecular formula is C43H54N4O5S. The van der Waals surface area contributed by atoms with Gasteiger partial charge in [0.05, 0.1) is 30.1 Å². The summed E-state index contributed by atoms with van der Waals surface area (Å²) in [5, 5.41) is 23.1. The van der Waals surface area contributed by atoms with Crippen molar-refractivity contribution in [1.82, 2.24) is 9.78 Å². The lowest BCUT2D eigenvalue weighted by molar-refractivity contribution is -0.107. The molecule has 0 aliphatic carbocycles. The Hall–Kier alpha value is -4.90. The Balaban J connectivity index is 0.000000285. The van der Waals surface area contributed by atoms with Gasteiger partial charge in [0.2, 0.25) is 0 Å². The predicted molar refractivity (Wildman–Crippen MR) is 219 cm³/mol. The van der Waals surface area contributed by atoms with Crippen LogP contribution in [0.4, 0.5) is 11.5 Å². The summed E-state index contributed by atoms with van der Waals surface area (Å²) < 4.78 is 16.6. The number of benzene rings is 4. The highest BCUT2D eigenvalue weighted by Gasteiger charge is 2.31. The summed E-state index contributed by atoms with van der Waals surface area (Å²) in [6.45, 7) is 14.6. The van der Waals surface area contributed by atoms with Crippen LogP contribution in [0.15, 0.2) is 78.9 Å². The minimum absolute atomic E-state index is 0.296. The van der Waals surface area contributed by atoms with Gasteiger partial charge in [-0.15, -0.1) is 0 Å². The Bertz CT molecular complexity index is 2010. The molecule has 2 heterocycles. The van der Waals surface area contributed by atoms with Crippen LogP contribution >= 0.6 is 0 Å². The molecule has 4 aromatic carbocycles. The second kappa shape index (κ2) is 19.3. The maximum Gasteiger partial charge on any atom is 0.150 e. The van der Waals surface area contributed by atoms with E-state index in [1.54, 1.807) is 27.0 Å². The fourth-order valence-corrected chi connectivity index (χ4v) is 7.08. The number of anilines is 2. The van der Waals surface area contributed by atoms with E-state index in [-0.39, 0.29) is 0 Å². The van der Waals surface area contributed by atoms with E-state index in [4.69, 9.17) is 10.2 Å². The average molecular weight is 739 g/mol. The van der Waals surface area contributed by atoms with Gasteiger partial charge in [-0.1, -0.05) is 72.3 Å². The van der Waals surface area contributed by atoms with E-state index < -0.39 is 16.6 Å². The van der Waals surface area contributed by atoms with Crippen LogP contribution in [-0.2, 0) is 35.3 Å². The zero-order valence-corrected chi connectivity index (χ0v) is 33.5. The predicted octanol–water partition coefficient (Wildman–Crippen LogP) is 7.78. The van der Waals surface area contributed by atoms with Crippen molar-refractivity contribution in [2.24, 2.45) is 0 Å². The summed E-state index contributed by atoms with van der Waals surface area (Å²) in [4.78, 5) is 23.0. The molecule has 1 aliphatic heterocycles. The van der Waals surface area contributed by atoms with Gasteiger partial charge in [0.1, 0.15) is 29.4 Å². The van der Waals surface area contributed by atoms with Crippen LogP contribution in [0.25, 0.3) is 22.3 Å². The van der Waals surface area contributed by atoms with Crippen LogP contribution < -0.4 is 9.62 Å². The summed E-state index contributed by atoms with van der Waals surface area (Å²) in [6, 6.07) is 26.4. The number of aliphatic hydroxyl groups excluding tert-OH is 1. The fourth-order valence-electron chi connectivity index (χ4n) is 6.28. The van der Waals surface area contributed by atoms with E-state index in [2.05, 4.69) is 60.7 Å². The zero-order valence-electron chi connectivity index (χ0n) is 32.7. The van der Waals surface area contributed by atoms with Gasteiger partial charge in [0.25, 0.3) is 0 Å². The highest BCUT2D eigenvalue weighted by molar-refractivity contribution is 7.85. The van der Waals surface area contributed by atoms with Crippen LogP contribution in [0.1, 0.15) is 70.2 Å².